The van der Waals surface area contributed by atoms with Crippen molar-refractivity contribution < 1.29 is 8.42 Å². The lowest BCUT2D eigenvalue weighted by atomic mass is 10.0. The maximum Gasteiger partial charge on any atom is 0.287 e. The number of fused-ring (bicyclic) bond motifs is 1. The van der Waals surface area contributed by atoms with Crippen molar-refractivity contribution in [2.45, 2.75) is 11.3 Å². The molecule has 1 aliphatic heterocycles. The molecule has 2 aromatic carbocycles. The van der Waals surface area contributed by atoms with Crippen LogP contribution in [0.2, 0.25) is 5.02 Å². The van der Waals surface area contributed by atoms with Gasteiger partial charge < -0.3 is 11.1 Å². The molecule has 3 N–H and O–H groups in total. The number of hydrogen-bond donors (Lipinski definition) is 2. The molecule has 1 aliphatic rings. The molecule has 0 aliphatic carbocycles. The van der Waals surface area contributed by atoms with Gasteiger partial charge in [0.1, 0.15) is 4.90 Å². The SMILES string of the molecule is NC1=NS(=O)(=O)c2cccc(Cc3ccccc3Cl)c2N1. The van der Waals surface area contributed by atoms with Crippen LogP contribution in [-0.4, -0.2) is 14.4 Å². The smallest absolute Gasteiger partial charge is 0.287 e. The molecule has 0 spiro atoms. The average molecular weight is 322 g/mol. The maximum atomic E-state index is 12.0. The van der Waals surface area contributed by atoms with Crippen LogP contribution >= 0.6 is 11.6 Å². The summed E-state index contributed by atoms with van der Waals surface area (Å²) in [5.74, 6) is -0.130. The molecule has 108 valence electrons. The summed E-state index contributed by atoms with van der Waals surface area (Å²) in [7, 11) is -3.75. The maximum absolute atomic E-state index is 12.0. The fourth-order valence-electron chi connectivity index (χ4n) is 2.26. The molecule has 0 atom stereocenters. The summed E-state index contributed by atoms with van der Waals surface area (Å²) in [4.78, 5) is 0.126. The van der Waals surface area contributed by atoms with Gasteiger partial charge >= 0.3 is 0 Å². The summed E-state index contributed by atoms with van der Waals surface area (Å²) in [5.41, 5.74) is 7.72. The van der Waals surface area contributed by atoms with Crippen LogP contribution in [-0.2, 0) is 16.4 Å². The standard InChI is InChI=1S/C14H12ClN3O2S/c15-11-6-2-1-4-9(11)8-10-5-3-7-12-13(10)17-14(16)18-21(12,19)20/h1-7H,8H2,(H3,16,17,18). The van der Waals surface area contributed by atoms with Crippen LogP contribution < -0.4 is 11.1 Å². The summed E-state index contributed by atoms with van der Waals surface area (Å²) in [6, 6.07) is 12.5. The van der Waals surface area contributed by atoms with Crippen LogP contribution in [0, 0.1) is 0 Å². The highest BCUT2D eigenvalue weighted by atomic mass is 35.5. The zero-order valence-corrected chi connectivity index (χ0v) is 12.4. The van der Waals surface area contributed by atoms with Gasteiger partial charge in [0, 0.05) is 11.4 Å². The zero-order valence-electron chi connectivity index (χ0n) is 10.9. The number of nitrogens with zero attached hydrogens (tertiary/aromatic N) is 1. The third-order valence-corrected chi connectivity index (χ3v) is 4.90. The number of anilines is 1. The first-order chi connectivity index (χ1) is 9.97. The number of benzene rings is 2. The van der Waals surface area contributed by atoms with Crippen molar-refractivity contribution >= 4 is 33.3 Å². The second kappa shape index (κ2) is 5.05. The zero-order chi connectivity index (χ0) is 15.0. The van der Waals surface area contributed by atoms with Crippen molar-refractivity contribution in [1.29, 1.82) is 0 Å². The van der Waals surface area contributed by atoms with E-state index in [-0.39, 0.29) is 10.9 Å². The minimum atomic E-state index is -3.75. The highest BCUT2D eigenvalue weighted by Gasteiger charge is 2.25. The van der Waals surface area contributed by atoms with Crippen molar-refractivity contribution in [2.75, 3.05) is 5.32 Å². The fourth-order valence-corrected chi connectivity index (χ4v) is 3.55. The van der Waals surface area contributed by atoms with Crippen LogP contribution in [0.25, 0.3) is 0 Å². The van der Waals surface area contributed by atoms with Crippen LogP contribution in [0.15, 0.2) is 51.8 Å². The van der Waals surface area contributed by atoms with Gasteiger partial charge in [-0.3, -0.25) is 0 Å². The largest absolute Gasteiger partial charge is 0.369 e. The van der Waals surface area contributed by atoms with Gasteiger partial charge in [-0.15, -0.1) is 4.40 Å². The quantitative estimate of drug-likeness (QED) is 0.889. The molecule has 5 nitrogen and oxygen atoms in total. The fraction of sp³-hybridized carbons (Fsp3) is 0.0714. The molecule has 0 fully saturated rings. The van der Waals surface area contributed by atoms with Crippen molar-refractivity contribution in [3.8, 4) is 0 Å². The highest BCUT2D eigenvalue weighted by molar-refractivity contribution is 7.90. The van der Waals surface area contributed by atoms with Gasteiger partial charge in [-0.2, -0.15) is 8.42 Å². The topological polar surface area (TPSA) is 84.5 Å². The molecule has 0 saturated carbocycles. The molecular weight excluding hydrogens is 310 g/mol. The first-order valence-electron chi connectivity index (χ1n) is 6.20. The Morgan fingerprint density at radius 1 is 1.10 bits per heavy atom. The summed E-state index contributed by atoms with van der Waals surface area (Å²) in [5, 5.41) is 3.46. The Bertz CT molecular complexity index is 847. The molecule has 0 bridgehead atoms. The van der Waals surface area contributed by atoms with E-state index in [0.29, 0.717) is 17.1 Å². The molecule has 2 aromatic rings. The van der Waals surface area contributed by atoms with E-state index in [1.165, 1.54) is 6.07 Å². The van der Waals surface area contributed by atoms with Gasteiger partial charge in [0.15, 0.2) is 0 Å². The molecule has 7 heteroatoms. The lowest BCUT2D eigenvalue weighted by Crippen LogP contribution is -2.29. The summed E-state index contributed by atoms with van der Waals surface area (Å²) in [6.07, 6.45) is 0.499. The molecule has 0 aromatic heterocycles. The number of halogens is 1. The molecule has 0 unspecified atom stereocenters. The Labute approximate surface area is 127 Å². The third kappa shape index (κ3) is 2.59. The van der Waals surface area contributed by atoms with E-state index in [4.69, 9.17) is 17.3 Å². The van der Waals surface area contributed by atoms with Crippen molar-refractivity contribution in [3.63, 3.8) is 0 Å². The van der Waals surface area contributed by atoms with E-state index >= 15 is 0 Å². The van der Waals surface area contributed by atoms with E-state index in [2.05, 4.69) is 9.71 Å². The number of nitrogens with one attached hydrogen (secondary N) is 1. The summed E-state index contributed by atoms with van der Waals surface area (Å²) in [6.45, 7) is 0. The first-order valence-corrected chi connectivity index (χ1v) is 8.02. The summed E-state index contributed by atoms with van der Waals surface area (Å²) < 4.78 is 27.5. The molecule has 21 heavy (non-hydrogen) atoms. The van der Waals surface area contributed by atoms with E-state index in [0.717, 1.165) is 11.1 Å². The molecule has 0 radical (unpaired) electrons. The third-order valence-electron chi connectivity index (χ3n) is 3.20. The monoisotopic (exact) mass is 321 g/mol. The number of guanidine groups is 1. The number of hydrogen-bond acceptors (Lipinski definition) is 4. The molecule has 3 rings (SSSR count). The molecule has 0 saturated heterocycles. The second-order valence-electron chi connectivity index (χ2n) is 4.64. The number of rotatable bonds is 2. The summed E-state index contributed by atoms with van der Waals surface area (Å²) >= 11 is 6.15. The number of sulfonamides is 1. The predicted octanol–water partition coefficient (Wildman–Crippen LogP) is 2.36. The Hall–Kier alpha value is -2.05. The van der Waals surface area contributed by atoms with E-state index in [9.17, 15) is 8.42 Å². The Balaban J connectivity index is 2.10. The van der Waals surface area contributed by atoms with Crippen LogP contribution in [0.3, 0.4) is 0 Å². The van der Waals surface area contributed by atoms with Crippen molar-refractivity contribution in [3.05, 3.63) is 58.6 Å². The van der Waals surface area contributed by atoms with E-state index in [1.807, 2.05) is 24.3 Å². The predicted molar refractivity (Wildman–Crippen MR) is 83.1 cm³/mol. The molecule has 0 amide bonds. The number of para-hydroxylation sites is 1. The van der Waals surface area contributed by atoms with Gasteiger partial charge in [0.25, 0.3) is 10.0 Å². The normalized spacial score (nSPS) is 15.8. The Morgan fingerprint density at radius 3 is 2.57 bits per heavy atom. The van der Waals surface area contributed by atoms with Crippen molar-refractivity contribution in [1.82, 2.24) is 0 Å². The van der Waals surface area contributed by atoms with Crippen LogP contribution in [0.4, 0.5) is 5.69 Å². The second-order valence-corrected chi connectivity index (χ2v) is 6.61. The van der Waals surface area contributed by atoms with E-state index < -0.39 is 10.0 Å². The van der Waals surface area contributed by atoms with Crippen molar-refractivity contribution in [2.24, 2.45) is 10.1 Å². The van der Waals surface area contributed by atoms with Gasteiger partial charge in [-0.25, -0.2) is 0 Å². The van der Waals surface area contributed by atoms with Gasteiger partial charge in [-0.1, -0.05) is 41.9 Å². The highest BCUT2D eigenvalue weighted by Crippen LogP contribution is 2.32. The Kier molecular flexibility index (Phi) is 3.35. The minimum Gasteiger partial charge on any atom is -0.369 e. The lowest BCUT2D eigenvalue weighted by Gasteiger charge is -2.19. The van der Waals surface area contributed by atoms with Crippen LogP contribution in [0.1, 0.15) is 11.1 Å². The Morgan fingerprint density at radius 2 is 1.81 bits per heavy atom. The van der Waals surface area contributed by atoms with E-state index in [1.54, 1.807) is 12.1 Å². The van der Waals surface area contributed by atoms with Gasteiger partial charge in [0.05, 0.1) is 5.69 Å². The molecule has 1 heterocycles. The minimum absolute atomic E-state index is 0.126. The lowest BCUT2D eigenvalue weighted by molar-refractivity contribution is 0.597. The van der Waals surface area contributed by atoms with Gasteiger partial charge in [-0.05, 0) is 23.3 Å². The average Bonchev–Trinajstić information content (AvgIpc) is 2.41. The van der Waals surface area contributed by atoms with Gasteiger partial charge in [0.2, 0.25) is 5.96 Å². The van der Waals surface area contributed by atoms with Crippen LogP contribution in [0.5, 0.6) is 0 Å². The molecular formula is C14H12ClN3O2S. The number of nitrogens with two attached hydrogens (primary N) is 1. The first kappa shape index (κ1) is 13.9.